The maximum atomic E-state index is 11.9. The van der Waals surface area contributed by atoms with E-state index in [0.717, 1.165) is 31.2 Å². The van der Waals surface area contributed by atoms with E-state index < -0.39 is 5.97 Å². The Morgan fingerprint density at radius 1 is 1.38 bits per heavy atom. The van der Waals surface area contributed by atoms with Crippen LogP contribution in [0.3, 0.4) is 0 Å². The lowest BCUT2D eigenvalue weighted by molar-refractivity contribution is -0.124. The van der Waals surface area contributed by atoms with Gasteiger partial charge in [-0.25, -0.2) is 9.78 Å². The normalized spacial score (nSPS) is 15.2. The van der Waals surface area contributed by atoms with E-state index in [2.05, 4.69) is 10.3 Å². The molecule has 0 saturated heterocycles. The van der Waals surface area contributed by atoms with E-state index in [0.29, 0.717) is 5.56 Å². The van der Waals surface area contributed by atoms with Crippen molar-refractivity contribution in [1.29, 1.82) is 0 Å². The molecule has 0 radical (unpaired) electrons. The summed E-state index contributed by atoms with van der Waals surface area (Å²) in [6.45, 7) is -0.236. The van der Waals surface area contributed by atoms with Crippen molar-refractivity contribution in [3.8, 4) is 0 Å². The molecule has 6 nitrogen and oxygen atoms in total. The number of nitrogens with zero attached hydrogens (tertiary/aromatic N) is 2. The minimum atomic E-state index is -0.500. The number of amides is 1. The van der Waals surface area contributed by atoms with Crippen LogP contribution in [0.5, 0.6) is 0 Å². The number of carbonyl (C=O) groups is 2. The Hall–Kier alpha value is -2.37. The zero-order valence-electron chi connectivity index (χ0n) is 11.6. The Labute approximate surface area is 122 Å². The lowest BCUT2D eigenvalue weighted by atomic mass is 10.2. The molecule has 110 valence electrons. The molecule has 1 aliphatic carbocycles. The molecule has 0 atom stereocenters. The Balaban J connectivity index is 1.54. The van der Waals surface area contributed by atoms with Gasteiger partial charge < -0.3 is 14.5 Å². The molecule has 21 heavy (non-hydrogen) atoms. The van der Waals surface area contributed by atoms with Gasteiger partial charge in [0.25, 0.3) is 5.91 Å². The van der Waals surface area contributed by atoms with E-state index >= 15 is 0 Å². The quantitative estimate of drug-likeness (QED) is 0.866. The summed E-state index contributed by atoms with van der Waals surface area (Å²) in [6.07, 6.45) is 9.36. The van der Waals surface area contributed by atoms with Crippen molar-refractivity contribution in [3.05, 3.63) is 36.4 Å². The summed E-state index contributed by atoms with van der Waals surface area (Å²) >= 11 is 0. The first-order chi connectivity index (χ1) is 10.2. The number of fused-ring (bicyclic) bond motifs is 1. The second-order valence-electron chi connectivity index (χ2n) is 5.27. The van der Waals surface area contributed by atoms with Crippen LogP contribution in [0.2, 0.25) is 0 Å². The van der Waals surface area contributed by atoms with Gasteiger partial charge in [0.15, 0.2) is 6.61 Å². The molecule has 2 aromatic rings. The molecule has 2 aromatic heterocycles. The highest BCUT2D eigenvalue weighted by atomic mass is 16.5. The van der Waals surface area contributed by atoms with Crippen molar-refractivity contribution < 1.29 is 14.3 Å². The number of esters is 1. The van der Waals surface area contributed by atoms with Crippen LogP contribution in [-0.2, 0) is 9.53 Å². The van der Waals surface area contributed by atoms with Crippen LogP contribution in [0.1, 0.15) is 36.0 Å². The predicted molar refractivity (Wildman–Crippen MR) is 75.9 cm³/mol. The largest absolute Gasteiger partial charge is 0.452 e. The average molecular weight is 287 g/mol. The van der Waals surface area contributed by atoms with Crippen LogP contribution in [0.15, 0.2) is 30.9 Å². The fourth-order valence-corrected chi connectivity index (χ4v) is 2.60. The first-order valence-corrected chi connectivity index (χ1v) is 7.10. The van der Waals surface area contributed by atoms with Gasteiger partial charge in [0.1, 0.15) is 0 Å². The van der Waals surface area contributed by atoms with E-state index in [-0.39, 0.29) is 18.6 Å². The van der Waals surface area contributed by atoms with Gasteiger partial charge in [-0.1, -0.05) is 12.8 Å². The van der Waals surface area contributed by atoms with Crippen molar-refractivity contribution >= 4 is 17.4 Å². The molecule has 0 spiro atoms. The highest BCUT2D eigenvalue weighted by Crippen LogP contribution is 2.17. The van der Waals surface area contributed by atoms with E-state index in [1.807, 2.05) is 0 Å². The van der Waals surface area contributed by atoms with Crippen LogP contribution in [-0.4, -0.2) is 33.9 Å². The lowest BCUT2D eigenvalue weighted by Gasteiger charge is -2.11. The minimum absolute atomic E-state index is 0.235. The predicted octanol–water partition coefficient (Wildman–Crippen LogP) is 1.55. The van der Waals surface area contributed by atoms with Crippen LogP contribution >= 0.6 is 0 Å². The number of imidazole rings is 1. The topological polar surface area (TPSA) is 72.7 Å². The van der Waals surface area contributed by atoms with Gasteiger partial charge >= 0.3 is 5.97 Å². The maximum Gasteiger partial charge on any atom is 0.338 e. The minimum Gasteiger partial charge on any atom is -0.452 e. The number of aromatic nitrogens is 2. The van der Waals surface area contributed by atoms with Crippen LogP contribution in [0.25, 0.3) is 5.52 Å². The van der Waals surface area contributed by atoms with Crippen LogP contribution in [0, 0.1) is 0 Å². The molecule has 1 saturated carbocycles. The van der Waals surface area contributed by atoms with Crippen molar-refractivity contribution in [3.63, 3.8) is 0 Å². The second-order valence-corrected chi connectivity index (χ2v) is 5.27. The van der Waals surface area contributed by atoms with Crippen molar-refractivity contribution in [2.24, 2.45) is 0 Å². The van der Waals surface area contributed by atoms with Gasteiger partial charge in [0.05, 0.1) is 23.6 Å². The molecule has 0 unspecified atom stereocenters. The Kier molecular flexibility index (Phi) is 3.85. The Morgan fingerprint density at radius 3 is 3.00 bits per heavy atom. The number of carbonyl (C=O) groups excluding carboxylic acids is 2. The summed E-state index contributed by atoms with van der Waals surface area (Å²) in [6, 6.07) is 3.56. The molecule has 2 heterocycles. The third-order valence-electron chi connectivity index (χ3n) is 3.70. The summed E-state index contributed by atoms with van der Waals surface area (Å²) in [4.78, 5) is 27.6. The van der Waals surface area contributed by atoms with Gasteiger partial charge in [-0.2, -0.15) is 0 Å². The number of hydrogen-bond donors (Lipinski definition) is 1. The third kappa shape index (κ3) is 3.21. The molecule has 1 aliphatic rings. The summed E-state index contributed by atoms with van der Waals surface area (Å²) < 4.78 is 6.84. The monoisotopic (exact) mass is 287 g/mol. The molecule has 1 fully saturated rings. The van der Waals surface area contributed by atoms with Crippen molar-refractivity contribution in [1.82, 2.24) is 14.7 Å². The number of hydrogen-bond acceptors (Lipinski definition) is 4. The van der Waals surface area contributed by atoms with Gasteiger partial charge in [-0.3, -0.25) is 4.79 Å². The van der Waals surface area contributed by atoms with Gasteiger partial charge in [0.2, 0.25) is 0 Å². The first-order valence-electron chi connectivity index (χ1n) is 7.10. The Morgan fingerprint density at radius 2 is 2.19 bits per heavy atom. The molecule has 1 N–H and O–H groups in total. The van der Waals surface area contributed by atoms with E-state index in [4.69, 9.17) is 4.74 Å². The molecule has 6 heteroatoms. The highest BCUT2D eigenvalue weighted by molar-refractivity contribution is 5.92. The number of rotatable bonds is 4. The summed E-state index contributed by atoms with van der Waals surface area (Å²) in [5.41, 5.74) is 1.22. The summed E-state index contributed by atoms with van der Waals surface area (Å²) in [7, 11) is 0. The SMILES string of the molecule is O=C(COC(=O)c1ccn2cncc2c1)NC1CCCC1. The van der Waals surface area contributed by atoms with Gasteiger partial charge in [0, 0.05) is 12.2 Å². The third-order valence-corrected chi connectivity index (χ3v) is 3.70. The molecule has 0 bridgehead atoms. The van der Waals surface area contributed by atoms with Crippen molar-refractivity contribution in [2.45, 2.75) is 31.7 Å². The lowest BCUT2D eigenvalue weighted by Crippen LogP contribution is -2.35. The van der Waals surface area contributed by atoms with Crippen LogP contribution in [0.4, 0.5) is 0 Å². The molecule has 1 amide bonds. The van der Waals surface area contributed by atoms with E-state index in [1.54, 1.807) is 35.3 Å². The zero-order chi connectivity index (χ0) is 14.7. The van der Waals surface area contributed by atoms with E-state index in [9.17, 15) is 9.59 Å². The molecular formula is C15H17N3O3. The number of nitrogens with one attached hydrogen (secondary N) is 1. The van der Waals surface area contributed by atoms with Gasteiger partial charge in [-0.05, 0) is 25.0 Å². The van der Waals surface area contributed by atoms with Gasteiger partial charge in [-0.15, -0.1) is 0 Å². The first kappa shape index (κ1) is 13.6. The average Bonchev–Trinajstić information content (AvgIpc) is 3.14. The number of pyridine rings is 1. The number of ether oxygens (including phenoxy) is 1. The maximum absolute atomic E-state index is 11.9. The van der Waals surface area contributed by atoms with Crippen molar-refractivity contribution in [2.75, 3.05) is 6.61 Å². The molecule has 0 aliphatic heterocycles. The highest BCUT2D eigenvalue weighted by Gasteiger charge is 2.18. The molecular weight excluding hydrogens is 270 g/mol. The smallest absolute Gasteiger partial charge is 0.338 e. The second kappa shape index (κ2) is 5.95. The summed E-state index contributed by atoms with van der Waals surface area (Å²) in [5, 5.41) is 2.88. The fraction of sp³-hybridized carbons (Fsp3) is 0.400. The Bertz CT molecular complexity index is 659. The van der Waals surface area contributed by atoms with E-state index in [1.165, 1.54) is 0 Å². The summed E-state index contributed by atoms with van der Waals surface area (Å²) in [5.74, 6) is -0.735. The fourth-order valence-electron chi connectivity index (χ4n) is 2.60. The molecule has 3 rings (SSSR count). The standard InChI is InChI=1S/C15H17N3O3/c19-14(17-12-3-1-2-4-12)9-21-15(20)11-5-6-18-10-16-8-13(18)7-11/h5-8,10,12H,1-4,9H2,(H,17,19). The van der Waals surface area contributed by atoms with Crippen LogP contribution < -0.4 is 5.32 Å². The zero-order valence-corrected chi connectivity index (χ0v) is 11.6. The molecule has 0 aromatic carbocycles.